The fourth-order valence-corrected chi connectivity index (χ4v) is 2.76. The maximum atomic E-state index is 11.9. The van der Waals surface area contributed by atoms with Gasteiger partial charge in [-0.3, -0.25) is 4.79 Å². The number of nitrogens with zero attached hydrogens (tertiary/aromatic N) is 1. The van der Waals surface area contributed by atoms with Crippen molar-refractivity contribution in [2.24, 2.45) is 5.73 Å². The molecule has 0 aliphatic carbocycles. The van der Waals surface area contributed by atoms with Gasteiger partial charge in [0.2, 0.25) is 0 Å². The van der Waals surface area contributed by atoms with Gasteiger partial charge in [0, 0.05) is 0 Å². The number of para-hydroxylation sites is 1. The van der Waals surface area contributed by atoms with Gasteiger partial charge < -0.3 is 15.5 Å². The van der Waals surface area contributed by atoms with Gasteiger partial charge in [-0.1, -0.05) is 12.1 Å². The Bertz CT molecular complexity index is 715. The van der Waals surface area contributed by atoms with Crippen molar-refractivity contribution in [1.29, 1.82) is 0 Å². The lowest BCUT2D eigenvalue weighted by Gasteiger charge is -1.99. The Morgan fingerprint density at radius 3 is 2.90 bits per heavy atom. The van der Waals surface area contributed by atoms with Crippen molar-refractivity contribution in [2.45, 2.75) is 13.1 Å². The van der Waals surface area contributed by atoms with E-state index >= 15 is 0 Å². The predicted molar refractivity (Wildman–Crippen MR) is 77.4 cm³/mol. The number of fused-ring (bicyclic) bond motifs is 1. The molecule has 0 bridgehead atoms. The third-order valence-corrected chi connectivity index (χ3v) is 3.86. The predicted octanol–water partition coefficient (Wildman–Crippen LogP) is 2.28. The second kappa shape index (κ2) is 5.44. The fourth-order valence-electron chi connectivity index (χ4n) is 1.85. The van der Waals surface area contributed by atoms with Gasteiger partial charge in [-0.05, 0) is 24.3 Å². The Kier molecular flexibility index (Phi) is 3.49. The number of thiazole rings is 1. The van der Waals surface area contributed by atoms with Gasteiger partial charge in [0.05, 0.1) is 23.3 Å². The maximum Gasteiger partial charge on any atom is 0.287 e. The SMILES string of the molecule is NCc1ccc(C(=O)NCc2nc3ccccc3s2)o1. The van der Waals surface area contributed by atoms with Crippen molar-refractivity contribution in [3.63, 3.8) is 0 Å². The zero-order valence-electron chi connectivity index (χ0n) is 10.6. The van der Waals surface area contributed by atoms with Crippen LogP contribution in [0.15, 0.2) is 40.8 Å². The molecule has 0 atom stereocenters. The molecule has 0 saturated carbocycles. The number of benzene rings is 1. The van der Waals surface area contributed by atoms with E-state index in [1.54, 1.807) is 23.5 Å². The number of nitrogens with two attached hydrogens (primary N) is 1. The van der Waals surface area contributed by atoms with Gasteiger partial charge in [-0.2, -0.15) is 0 Å². The molecule has 0 unspecified atom stereocenters. The number of carbonyl (C=O) groups excluding carboxylic acids is 1. The Balaban J connectivity index is 1.68. The van der Waals surface area contributed by atoms with E-state index in [0.717, 1.165) is 15.2 Å². The highest BCUT2D eigenvalue weighted by Crippen LogP contribution is 2.21. The molecule has 1 aromatic carbocycles. The van der Waals surface area contributed by atoms with Crippen LogP contribution >= 0.6 is 11.3 Å². The first kappa shape index (κ1) is 12.8. The summed E-state index contributed by atoms with van der Waals surface area (Å²) in [7, 11) is 0. The Labute approximate surface area is 119 Å². The van der Waals surface area contributed by atoms with Crippen LogP contribution in [0.1, 0.15) is 21.3 Å². The maximum absolute atomic E-state index is 11.9. The van der Waals surface area contributed by atoms with Crippen molar-refractivity contribution in [3.05, 3.63) is 52.9 Å². The minimum atomic E-state index is -0.260. The summed E-state index contributed by atoms with van der Waals surface area (Å²) in [6.07, 6.45) is 0. The van der Waals surface area contributed by atoms with Crippen LogP contribution in [0, 0.1) is 0 Å². The van der Waals surface area contributed by atoms with Gasteiger partial charge >= 0.3 is 0 Å². The molecule has 5 nitrogen and oxygen atoms in total. The Morgan fingerprint density at radius 1 is 1.30 bits per heavy atom. The van der Waals surface area contributed by atoms with Crippen LogP contribution in [0.4, 0.5) is 0 Å². The highest BCUT2D eigenvalue weighted by atomic mass is 32.1. The van der Waals surface area contributed by atoms with Crippen LogP contribution in [0.3, 0.4) is 0 Å². The van der Waals surface area contributed by atoms with Gasteiger partial charge in [0.25, 0.3) is 5.91 Å². The average molecular weight is 287 g/mol. The first-order chi connectivity index (χ1) is 9.76. The van der Waals surface area contributed by atoms with Crippen LogP contribution in [0.5, 0.6) is 0 Å². The summed E-state index contributed by atoms with van der Waals surface area (Å²) < 4.78 is 6.40. The standard InChI is InChI=1S/C14H13N3O2S/c15-7-9-5-6-11(19-9)14(18)16-8-13-17-10-3-1-2-4-12(10)20-13/h1-6H,7-8,15H2,(H,16,18). The number of nitrogens with one attached hydrogen (secondary N) is 1. The zero-order valence-corrected chi connectivity index (χ0v) is 11.4. The smallest absolute Gasteiger partial charge is 0.287 e. The van der Waals surface area contributed by atoms with E-state index in [4.69, 9.17) is 10.2 Å². The van der Waals surface area contributed by atoms with E-state index in [2.05, 4.69) is 10.3 Å². The summed E-state index contributed by atoms with van der Waals surface area (Å²) >= 11 is 1.57. The molecule has 2 aromatic heterocycles. The summed E-state index contributed by atoms with van der Waals surface area (Å²) in [6, 6.07) is 11.2. The summed E-state index contributed by atoms with van der Waals surface area (Å²) in [5, 5.41) is 3.65. The van der Waals surface area contributed by atoms with Crippen molar-refractivity contribution < 1.29 is 9.21 Å². The van der Waals surface area contributed by atoms with Crippen molar-refractivity contribution in [2.75, 3.05) is 0 Å². The molecule has 102 valence electrons. The molecule has 0 spiro atoms. The van der Waals surface area contributed by atoms with Crippen LogP contribution in [-0.2, 0) is 13.1 Å². The second-order valence-electron chi connectivity index (χ2n) is 4.23. The van der Waals surface area contributed by atoms with E-state index < -0.39 is 0 Å². The fraction of sp³-hybridized carbons (Fsp3) is 0.143. The number of carbonyl (C=O) groups is 1. The highest BCUT2D eigenvalue weighted by molar-refractivity contribution is 7.18. The van der Waals surface area contributed by atoms with Gasteiger partial charge in [-0.15, -0.1) is 11.3 Å². The molecule has 0 aliphatic heterocycles. The Morgan fingerprint density at radius 2 is 2.15 bits per heavy atom. The van der Waals surface area contributed by atoms with Gasteiger partial charge in [0.1, 0.15) is 10.8 Å². The molecule has 0 saturated heterocycles. The van der Waals surface area contributed by atoms with E-state index in [1.807, 2.05) is 24.3 Å². The molecule has 20 heavy (non-hydrogen) atoms. The van der Waals surface area contributed by atoms with E-state index in [1.165, 1.54) is 0 Å². The highest BCUT2D eigenvalue weighted by Gasteiger charge is 2.11. The Hall–Kier alpha value is -2.18. The van der Waals surface area contributed by atoms with E-state index in [0.29, 0.717) is 12.3 Å². The molecule has 2 heterocycles. The molecular weight excluding hydrogens is 274 g/mol. The van der Waals surface area contributed by atoms with Crippen molar-refractivity contribution >= 4 is 27.5 Å². The number of rotatable bonds is 4. The molecule has 3 N–H and O–H groups in total. The largest absolute Gasteiger partial charge is 0.455 e. The van der Waals surface area contributed by atoms with Crippen molar-refractivity contribution in [3.8, 4) is 0 Å². The van der Waals surface area contributed by atoms with Crippen LogP contribution in [0.2, 0.25) is 0 Å². The molecule has 0 radical (unpaired) electrons. The molecule has 0 fully saturated rings. The van der Waals surface area contributed by atoms with Crippen LogP contribution in [0.25, 0.3) is 10.2 Å². The summed E-state index contributed by atoms with van der Waals surface area (Å²) in [4.78, 5) is 16.3. The van der Waals surface area contributed by atoms with Gasteiger partial charge in [-0.25, -0.2) is 4.98 Å². The second-order valence-corrected chi connectivity index (χ2v) is 5.34. The number of amides is 1. The molecular formula is C14H13N3O2S. The summed E-state index contributed by atoms with van der Waals surface area (Å²) in [5.41, 5.74) is 6.39. The van der Waals surface area contributed by atoms with Gasteiger partial charge in [0.15, 0.2) is 5.76 Å². The van der Waals surface area contributed by atoms with E-state index in [-0.39, 0.29) is 18.2 Å². The first-order valence-corrected chi connectivity index (χ1v) is 6.99. The van der Waals surface area contributed by atoms with Crippen LogP contribution < -0.4 is 11.1 Å². The first-order valence-electron chi connectivity index (χ1n) is 6.17. The lowest BCUT2D eigenvalue weighted by atomic mass is 10.3. The average Bonchev–Trinajstić information content (AvgIpc) is 3.10. The number of hydrogen-bond acceptors (Lipinski definition) is 5. The lowest BCUT2D eigenvalue weighted by molar-refractivity contribution is 0.0921. The summed E-state index contributed by atoms with van der Waals surface area (Å²) in [5.74, 6) is 0.602. The lowest BCUT2D eigenvalue weighted by Crippen LogP contribution is -2.22. The number of aromatic nitrogens is 1. The zero-order chi connectivity index (χ0) is 13.9. The number of hydrogen-bond donors (Lipinski definition) is 2. The van der Waals surface area contributed by atoms with Crippen LogP contribution in [-0.4, -0.2) is 10.9 Å². The molecule has 0 aliphatic rings. The quantitative estimate of drug-likeness (QED) is 0.771. The monoisotopic (exact) mass is 287 g/mol. The molecule has 6 heteroatoms. The molecule has 3 rings (SSSR count). The minimum Gasteiger partial charge on any atom is -0.455 e. The third kappa shape index (κ3) is 2.56. The van der Waals surface area contributed by atoms with Crippen molar-refractivity contribution in [1.82, 2.24) is 10.3 Å². The number of furan rings is 1. The molecule has 3 aromatic rings. The summed E-state index contributed by atoms with van der Waals surface area (Å²) in [6.45, 7) is 0.669. The molecule has 1 amide bonds. The third-order valence-electron chi connectivity index (χ3n) is 2.82. The van der Waals surface area contributed by atoms with E-state index in [9.17, 15) is 4.79 Å². The minimum absolute atomic E-state index is 0.260. The topological polar surface area (TPSA) is 81.2 Å². The normalized spacial score (nSPS) is 10.8.